The third-order valence-electron chi connectivity index (χ3n) is 4.48. The molecule has 4 nitrogen and oxygen atoms in total. The van der Waals surface area contributed by atoms with Gasteiger partial charge in [-0.2, -0.15) is 0 Å². The summed E-state index contributed by atoms with van der Waals surface area (Å²) >= 11 is 3.51. The molecule has 6 heteroatoms. The average Bonchev–Trinajstić information content (AvgIpc) is 3.04. The van der Waals surface area contributed by atoms with Crippen LogP contribution in [-0.2, 0) is 13.1 Å². The zero-order chi connectivity index (χ0) is 19.5. The van der Waals surface area contributed by atoms with Crippen molar-refractivity contribution in [1.29, 1.82) is 0 Å². The van der Waals surface area contributed by atoms with Gasteiger partial charge < -0.3 is 9.88 Å². The topological polar surface area (TPSA) is 46.9 Å². The van der Waals surface area contributed by atoms with Crippen LogP contribution in [0.1, 0.15) is 21.7 Å². The molecule has 0 bridgehead atoms. The van der Waals surface area contributed by atoms with E-state index in [0.717, 1.165) is 26.9 Å². The molecule has 0 unspecified atom stereocenters. The fraction of sp³-hybridized carbons (Fsp3) is 0.0909. The zero-order valence-electron chi connectivity index (χ0n) is 14.9. The lowest BCUT2D eigenvalue weighted by molar-refractivity contribution is 0.0949. The molecule has 1 N–H and O–H groups in total. The van der Waals surface area contributed by atoms with Crippen molar-refractivity contribution in [2.45, 2.75) is 13.1 Å². The van der Waals surface area contributed by atoms with E-state index in [2.05, 4.69) is 42.9 Å². The van der Waals surface area contributed by atoms with E-state index in [1.807, 2.05) is 36.4 Å². The summed E-state index contributed by atoms with van der Waals surface area (Å²) in [5, 5.41) is 2.88. The maximum absolute atomic E-state index is 13.1. The van der Waals surface area contributed by atoms with Gasteiger partial charge in [-0.3, -0.25) is 4.79 Å². The summed E-state index contributed by atoms with van der Waals surface area (Å²) in [7, 11) is 0. The summed E-state index contributed by atoms with van der Waals surface area (Å²) in [4.78, 5) is 17.1. The van der Waals surface area contributed by atoms with Crippen LogP contribution in [0.3, 0.4) is 0 Å². The summed E-state index contributed by atoms with van der Waals surface area (Å²) in [5.41, 5.74) is 3.43. The molecule has 4 aromatic rings. The van der Waals surface area contributed by atoms with Crippen LogP contribution in [0.5, 0.6) is 0 Å². The summed E-state index contributed by atoms with van der Waals surface area (Å²) in [5.74, 6) is 0.130. The lowest BCUT2D eigenvalue weighted by Crippen LogP contribution is -2.24. The number of imidazole rings is 1. The van der Waals surface area contributed by atoms with E-state index < -0.39 is 0 Å². The Hall–Kier alpha value is -2.99. The molecule has 0 aliphatic heterocycles. The molecule has 1 amide bonds. The van der Waals surface area contributed by atoms with Gasteiger partial charge in [-0.15, -0.1) is 0 Å². The van der Waals surface area contributed by atoms with Gasteiger partial charge in [0.15, 0.2) is 0 Å². The first-order valence-corrected chi connectivity index (χ1v) is 9.62. The van der Waals surface area contributed by atoms with Gasteiger partial charge in [0.1, 0.15) is 11.6 Å². The molecule has 4 rings (SSSR count). The number of aromatic nitrogens is 2. The van der Waals surface area contributed by atoms with Crippen molar-refractivity contribution in [2.75, 3.05) is 0 Å². The summed E-state index contributed by atoms with van der Waals surface area (Å²) in [6.07, 6.45) is 0. The molecule has 0 saturated heterocycles. The molecule has 140 valence electrons. The van der Waals surface area contributed by atoms with Crippen molar-refractivity contribution in [3.05, 3.63) is 100 Å². The van der Waals surface area contributed by atoms with Crippen LogP contribution in [0.25, 0.3) is 11.0 Å². The van der Waals surface area contributed by atoms with Gasteiger partial charge in [-0.1, -0.05) is 40.2 Å². The van der Waals surface area contributed by atoms with Crippen molar-refractivity contribution in [3.63, 3.8) is 0 Å². The van der Waals surface area contributed by atoms with E-state index in [1.165, 1.54) is 24.3 Å². The number of halogens is 2. The van der Waals surface area contributed by atoms with Crippen LogP contribution in [0.4, 0.5) is 4.39 Å². The van der Waals surface area contributed by atoms with Gasteiger partial charge in [-0.05, 0) is 54.1 Å². The minimum atomic E-state index is -0.368. The smallest absolute Gasteiger partial charge is 0.251 e. The molecule has 1 heterocycles. The van der Waals surface area contributed by atoms with Crippen LogP contribution in [0.2, 0.25) is 0 Å². The maximum atomic E-state index is 13.1. The molecule has 0 fully saturated rings. The van der Waals surface area contributed by atoms with Crippen molar-refractivity contribution >= 4 is 32.9 Å². The SMILES string of the molecule is O=C(NCc1nc2ccccc2n1Cc1cccc(Br)c1)c1ccc(F)cc1. The Morgan fingerprint density at radius 3 is 2.61 bits per heavy atom. The lowest BCUT2D eigenvalue weighted by atomic mass is 10.2. The second-order valence-electron chi connectivity index (χ2n) is 6.42. The molecule has 0 aliphatic carbocycles. The molecule has 0 spiro atoms. The minimum absolute atomic E-state index is 0.263. The third-order valence-corrected chi connectivity index (χ3v) is 4.97. The Morgan fingerprint density at radius 2 is 1.82 bits per heavy atom. The second-order valence-corrected chi connectivity index (χ2v) is 7.34. The van der Waals surface area contributed by atoms with Crippen molar-refractivity contribution < 1.29 is 9.18 Å². The highest BCUT2D eigenvalue weighted by Crippen LogP contribution is 2.20. The van der Waals surface area contributed by atoms with Crippen LogP contribution >= 0.6 is 15.9 Å². The van der Waals surface area contributed by atoms with Gasteiger partial charge in [0.25, 0.3) is 5.91 Å². The summed E-state index contributed by atoms with van der Waals surface area (Å²) in [6, 6.07) is 21.5. The largest absolute Gasteiger partial charge is 0.345 e. The maximum Gasteiger partial charge on any atom is 0.251 e. The number of carbonyl (C=O) groups is 1. The number of hydrogen-bond donors (Lipinski definition) is 1. The Kier molecular flexibility index (Phi) is 5.21. The summed E-state index contributed by atoms with van der Waals surface area (Å²) in [6.45, 7) is 0.917. The number of fused-ring (bicyclic) bond motifs is 1. The van der Waals surface area contributed by atoms with Gasteiger partial charge in [0, 0.05) is 16.6 Å². The molecule has 0 radical (unpaired) electrons. The molecular weight excluding hydrogens is 421 g/mol. The molecule has 0 aliphatic rings. The van der Waals surface area contributed by atoms with Crippen LogP contribution in [0.15, 0.2) is 77.3 Å². The fourth-order valence-corrected chi connectivity index (χ4v) is 3.56. The lowest BCUT2D eigenvalue weighted by Gasteiger charge is -2.11. The molecule has 0 saturated carbocycles. The Morgan fingerprint density at radius 1 is 1.04 bits per heavy atom. The van der Waals surface area contributed by atoms with Gasteiger partial charge in [0.2, 0.25) is 0 Å². The number of nitrogens with one attached hydrogen (secondary N) is 1. The number of nitrogens with zero attached hydrogens (tertiary/aromatic N) is 2. The standard InChI is InChI=1S/C22H17BrFN3O/c23-17-5-3-4-15(12-17)14-27-20-7-2-1-6-19(20)26-21(27)13-25-22(28)16-8-10-18(24)11-9-16/h1-12H,13-14H2,(H,25,28). The number of para-hydroxylation sites is 2. The zero-order valence-corrected chi connectivity index (χ0v) is 16.5. The molecular formula is C22H17BrFN3O. The van der Waals surface area contributed by atoms with E-state index >= 15 is 0 Å². The number of rotatable bonds is 5. The first kappa shape index (κ1) is 18.4. The van der Waals surface area contributed by atoms with Crippen LogP contribution < -0.4 is 5.32 Å². The van der Waals surface area contributed by atoms with Crippen LogP contribution in [-0.4, -0.2) is 15.5 Å². The second kappa shape index (κ2) is 7.94. The summed E-state index contributed by atoms with van der Waals surface area (Å²) < 4.78 is 16.2. The highest BCUT2D eigenvalue weighted by molar-refractivity contribution is 9.10. The minimum Gasteiger partial charge on any atom is -0.345 e. The Balaban J connectivity index is 1.61. The van der Waals surface area contributed by atoms with E-state index in [9.17, 15) is 9.18 Å². The molecule has 0 atom stereocenters. The fourth-order valence-electron chi connectivity index (χ4n) is 3.12. The van der Waals surface area contributed by atoms with Crippen molar-refractivity contribution in [1.82, 2.24) is 14.9 Å². The molecule has 28 heavy (non-hydrogen) atoms. The third kappa shape index (κ3) is 3.97. The predicted octanol–water partition coefficient (Wildman–Crippen LogP) is 4.92. The number of amides is 1. The van der Waals surface area contributed by atoms with Crippen LogP contribution in [0, 0.1) is 5.82 Å². The highest BCUT2D eigenvalue weighted by Gasteiger charge is 2.13. The Bertz CT molecular complexity index is 1140. The van der Waals surface area contributed by atoms with Gasteiger partial charge in [-0.25, -0.2) is 9.37 Å². The molecule has 3 aromatic carbocycles. The number of hydrogen-bond acceptors (Lipinski definition) is 2. The van der Waals surface area contributed by atoms with E-state index in [0.29, 0.717) is 12.1 Å². The Labute approximate surface area is 170 Å². The number of benzene rings is 3. The van der Waals surface area contributed by atoms with E-state index in [-0.39, 0.29) is 18.3 Å². The van der Waals surface area contributed by atoms with Crippen molar-refractivity contribution in [3.8, 4) is 0 Å². The van der Waals surface area contributed by atoms with Gasteiger partial charge >= 0.3 is 0 Å². The average molecular weight is 438 g/mol. The van der Waals surface area contributed by atoms with Gasteiger partial charge in [0.05, 0.1) is 17.6 Å². The quantitative estimate of drug-likeness (QED) is 0.481. The predicted molar refractivity (Wildman–Crippen MR) is 111 cm³/mol. The first-order valence-electron chi connectivity index (χ1n) is 8.82. The normalized spacial score (nSPS) is 10.9. The first-order chi connectivity index (χ1) is 13.6. The van der Waals surface area contributed by atoms with Crippen molar-refractivity contribution in [2.24, 2.45) is 0 Å². The highest BCUT2D eigenvalue weighted by atomic mass is 79.9. The monoisotopic (exact) mass is 437 g/mol. The number of carbonyl (C=O) groups excluding carboxylic acids is 1. The van der Waals surface area contributed by atoms with E-state index in [4.69, 9.17) is 0 Å². The van der Waals surface area contributed by atoms with E-state index in [1.54, 1.807) is 0 Å². The molecule has 1 aromatic heterocycles.